The first-order valence-electron chi connectivity index (χ1n) is 6.63. The van der Waals surface area contributed by atoms with E-state index in [1.807, 2.05) is 19.9 Å². The molecule has 0 saturated carbocycles. The van der Waals surface area contributed by atoms with E-state index in [0.29, 0.717) is 25.7 Å². The van der Waals surface area contributed by atoms with Crippen LogP contribution in [0.1, 0.15) is 52.4 Å². The molecule has 0 bridgehead atoms. The highest BCUT2D eigenvalue weighted by Gasteiger charge is 2.48. The highest BCUT2D eigenvalue weighted by molar-refractivity contribution is 5.84. The molecule has 2 atom stereocenters. The van der Waals surface area contributed by atoms with E-state index in [1.165, 1.54) is 0 Å². The molecule has 0 heterocycles. The summed E-state index contributed by atoms with van der Waals surface area (Å²) in [7, 11) is 0. The highest BCUT2D eigenvalue weighted by Crippen LogP contribution is 2.47. The average Bonchev–Trinajstić information content (AvgIpc) is 2.29. The van der Waals surface area contributed by atoms with E-state index in [2.05, 4.69) is 0 Å². The molecule has 0 aliphatic heterocycles. The Morgan fingerprint density at radius 1 is 1.28 bits per heavy atom. The van der Waals surface area contributed by atoms with Crippen molar-refractivity contribution in [3.05, 3.63) is 12.2 Å². The molecular weight excluding hydrogens is 230 g/mol. The molecule has 102 valence electrons. The molecule has 2 unspecified atom stereocenters. The summed E-state index contributed by atoms with van der Waals surface area (Å²) in [5, 5.41) is 9.50. The number of nitrogens with two attached hydrogens (primary N) is 1. The molecule has 0 saturated heterocycles. The predicted octanol–water partition coefficient (Wildman–Crippen LogP) is 2.48. The van der Waals surface area contributed by atoms with E-state index in [4.69, 9.17) is 5.73 Å². The van der Waals surface area contributed by atoms with Crippen LogP contribution < -0.4 is 5.73 Å². The molecule has 4 nitrogen and oxygen atoms in total. The van der Waals surface area contributed by atoms with Gasteiger partial charge in [-0.25, -0.2) is 0 Å². The Balaban J connectivity index is 3.12. The number of hydrogen-bond donors (Lipinski definition) is 2. The van der Waals surface area contributed by atoms with Crippen molar-refractivity contribution in [2.75, 3.05) is 0 Å². The van der Waals surface area contributed by atoms with E-state index in [0.717, 1.165) is 12.8 Å². The van der Waals surface area contributed by atoms with Crippen LogP contribution >= 0.6 is 0 Å². The third-order valence-electron chi connectivity index (χ3n) is 3.97. The van der Waals surface area contributed by atoms with Gasteiger partial charge in [0.05, 0.1) is 10.8 Å². The van der Waals surface area contributed by atoms with Gasteiger partial charge in [-0.1, -0.05) is 38.8 Å². The fourth-order valence-electron chi connectivity index (χ4n) is 3.10. The van der Waals surface area contributed by atoms with Gasteiger partial charge >= 0.3 is 5.97 Å². The Labute approximate surface area is 108 Å². The minimum Gasteiger partial charge on any atom is -0.481 e. The Morgan fingerprint density at radius 3 is 2.33 bits per heavy atom. The zero-order valence-electron chi connectivity index (χ0n) is 11.2. The topological polar surface area (TPSA) is 80.4 Å². The maximum absolute atomic E-state index is 11.8. The molecule has 0 aromatic carbocycles. The third kappa shape index (κ3) is 2.57. The van der Waals surface area contributed by atoms with Gasteiger partial charge in [0.25, 0.3) is 0 Å². The number of carboxylic acids is 1. The average molecular weight is 253 g/mol. The first-order valence-corrected chi connectivity index (χ1v) is 6.63. The van der Waals surface area contributed by atoms with Crippen molar-refractivity contribution in [2.24, 2.45) is 16.6 Å². The molecule has 0 aromatic rings. The molecule has 1 amide bonds. The predicted molar refractivity (Wildman–Crippen MR) is 69.9 cm³/mol. The van der Waals surface area contributed by atoms with Gasteiger partial charge in [0.2, 0.25) is 5.91 Å². The van der Waals surface area contributed by atoms with Crippen LogP contribution in [0, 0.1) is 10.8 Å². The number of aliphatic carboxylic acids is 1. The van der Waals surface area contributed by atoms with Gasteiger partial charge in [-0.05, 0) is 25.7 Å². The van der Waals surface area contributed by atoms with Crippen LogP contribution in [0.3, 0.4) is 0 Å². The first kappa shape index (κ1) is 14.7. The van der Waals surface area contributed by atoms with Crippen molar-refractivity contribution in [1.82, 2.24) is 0 Å². The molecule has 1 aliphatic rings. The molecule has 0 aromatic heterocycles. The summed E-state index contributed by atoms with van der Waals surface area (Å²) in [4.78, 5) is 23.4. The minimum absolute atomic E-state index is 0.336. The van der Waals surface area contributed by atoms with Gasteiger partial charge in [0, 0.05) is 0 Å². The van der Waals surface area contributed by atoms with Crippen LogP contribution in [0.2, 0.25) is 0 Å². The molecule has 0 spiro atoms. The lowest BCUT2D eigenvalue weighted by Crippen LogP contribution is -2.46. The van der Waals surface area contributed by atoms with Gasteiger partial charge < -0.3 is 10.8 Å². The molecule has 4 heteroatoms. The van der Waals surface area contributed by atoms with Crippen LogP contribution in [-0.4, -0.2) is 17.0 Å². The van der Waals surface area contributed by atoms with Crippen LogP contribution in [0.5, 0.6) is 0 Å². The van der Waals surface area contributed by atoms with E-state index in [1.54, 1.807) is 6.08 Å². The van der Waals surface area contributed by atoms with Gasteiger partial charge in [-0.2, -0.15) is 0 Å². The van der Waals surface area contributed by atoms with E-state index >= 15 is 0 Å². The number of amides is 1. The second-order valence-electron chi connectivity index (χ2n) is 5.39. The van der Waals surface area contributed by atoms with E-state index < -0.39 is 16.8 Å². The summed E-state index contributed by atoms with van der Waals surface area (Å²) in [5.41, 5.74) is 3.94. The molecule has 18 heavy (non-hydrogen) atoms. The van der Waals surface area contributed by atoms with Crippen molar-refractivity contribution in [2.45, 2.75) is 52.4 Å². The van der Waals surface area contributed by atoms with Crippen LogP contribution in [0.15, 0.2) is 12.2 Å². The second-order valence-corrected chi connectivity index (χ2v) is 5.39. The van der Waals surface area contributed by atoms with Crippen molar-refractivity contribution < 1.29 is 14.7 Å². The number of rotatable bonds is 6. The van der Waals surface area contributed by atoms with E-state index in [-0.39, 0.29) is 5.91 Å². The summed E-state index contributed by atoms with van der Waals surface area (Å²) in [6, 6.07) is 0. The van der Waals surface area contributed by atoms with Crippen LogP contribution in [0.4, 0.5) is 0 Å². The number of carboxylic acid groups (broad SMARTS) is 1. The summed E-state index contributed by atoms with van der Waals surface area (Å²) in [5.74, 6) is -1.21. The summed E-state index contributed by atoms with van der Waals surface area (Å²) in [6.45, 7) is 3.95. The van der Waals surface area contributed by atoms with Crippen molar-refractivity contribution in [3.8, 4) is 0 Å². The number of carbonyl (C=O) groups excluding carboxylic acids is 1. The van der Waals surface area contributed by atoms with Gasteiger partial charge in [0.1, 0.15) is 0 Å². The molecule has 0 radical (unpaired) electrons. The fraction of sp³-hybridized carbons (Fsp3) is 0.714. The van der Waals surface area contributed by atoms with E-state index in [9.17, 15) is 14.7 Å². The normalized spacial score (nSPS) is 31.2. The zero-order chi connectivity index (χ0) is 13.8. The second kappa shape index (κ2) is 5.55. The summed E-state index contributed by atoms with van der Waals surface area (Å²) in [6.07, 6.45) is 7.31. The summed E-state index contributed by atoms with van der Waals surface area (Å²) >= 11 is 0. The lowest BCUT2D eigenvalue weighted by atomic mass is 9.62. The molecule has 0 fully saturated rings. The number of allylic oxidation sites excluding steroid dienone is 1. The zero-order valence-corrected chi connectivity index (χ0v) is 11.2. The Bertz CT molecular complexity index is 364. The molecule has 3 N–H and O–H groups in total. The maximum atomic E-state index is 11.8. The first-order chi connectivity index (χ1) is 8.42. The summed E-state index contributed by atoms with van der Waals surface area (Å²) < 4.78 is 0. The highest BCUT2D eigenvalue weighted by atomic mass is 16.4. The quantitative estimate of drug-likeness (QED) is 0.713. The SMILES string of the molecule is CCCC1(C(=O)O)C=CCC(CCC)(C(N)=O)C1. The van der Waals surface area contributed by atoms with Gasteiger partial charge in [-0.3, -0.25) is 9.59 Å². The van der Waals surface area contributed by atoms with Gasteiger partial charge in [0.15, 0.2) is 0 Å². The van der Waals surface area contributed by atoms with Crippen molar-refractivity contribution >= 4 is 11.9 Å². The lowest BCUT2D eigenvalue weighted by molar-refractivity contribution is -0.150. The largest absolute Gasteiger partial charge is 0.481 e. The standard InChI is InChI=1S/C14H23NO3/c1-3-6-13(11(15)16)8-5-9-14(10-13,7-4-2)12(17)18/h5,9H,3-4,6-8,10H2,1-2H3,(H2,15,16)(H,17,18). The Kier molecular flexibility index (Phi) is 4.54. The monoisotopic (exact) mass is 253 g/mol. The smallest absolute Gasteiger partial charge is 0.313 e. The van der Waals surface area contributed by atoms with Crippen molar-refractivity contribution in [3.63, 3.8) is 0 Å². The van der Waals surface area contributed by atoms with Gasteiger partial charge in [-0.15, -0.1) is 0 Å². The molecule has 1 rings (SSSR count). The molecular formula is C14H23NO3. The lowest BCUT2D eigenvalue weighted by Gasteiger charge is -2.40. The van der Waals surface area contributed by atoms with Crippen LogP contribution in [-0.2, 0) is 9.59 Å². The minimum atomic E-state index is -0.919. The number of hydrogen-bond acceptors (Lipinski definition) is 2. The van der Waals surface area contributed by atoms with Crippen molar-refractivity contribution in [1.29, 1.82) is 0 Å². The van der Waals surface area contributed by atoms with Crippen LogP contribution in [0.25, 0.3) is 0 Å². The third-order valence-corrected chi connectivity index (χ3v) is 3.97. The number of primary amides is 1. The Hall–Kier alpha value is -1.32. The molecule has 1 aliphatic carbocycles. The number of carbonyl (C=O) groups is 2. The Morgan fingerprint density at radius 2 is 1.89 bits per heavy atom. The maximum Gasteiger partial charge on any atom is 0.313 e. The fourth-order valence-corrected chi connectivity index (χ4v) is 3.10.